The fraction of sp³-hybridized carbons (Fsp3) is 0.571. The van der Waals surface area contributed by atoms with Gasteiger partial charge in [0.1, 0.15) is 5.02 Å². The van der Waals surface area contributed by atoms with Crippen LogP contribution in [0.5, 0.6) is 0 Å². The van der Waals surface area contributed by atoms with Gasteiger partial charge in [-0.25, -0.2) is 0 Å². The molecule has 110 valence electrons. The van der Waals surface area contributed by atoms with E-state index in [9.17, 15) is 10.1 Å². The number of anilines is 1. The van der Waals surface area contributed by atoms with Crippen molar-refractivity contribution in [1.82, 2.24) is 5.32 Å². The second-order valence-electron chi connectivity index (χ2n) is 5.36. The third-order valence-electron chi connectivity index (χ3n) is 3.81. The molecule has 1 aliphatic heterocycles. The van der Waals surface area contributed by atoms with Crippen molar-refractivity contribution in [3.05, 3.63) is 32.8 Å². The van der Waals surface area contributed by atoms with Crippen LogP contribution in [0.2, 0.25) is 5.02 Å². The number of hydrogen-bond acceptors (Lipinski definition) is 4. The molecule has 1 aromatic carbocycles. The highest BCUT2D eigenvalue weighted by molar-refractivity contribution is 6.33. The summed E-state index contributed by atoms with van der Waals surface area (Å²) in [6.45, 7) is 4.85. The van der Waals surface area contributed by atoms with Crippen LogP contribution in [0.1, 0.15) is 18.4 Å². The van der Waals surface area contributed by atoms with E-state index in [1.165, 1.54) is 6.42 Å². The fourth-order valence-corrected chi connectivity index (χ4v) is 3.10. The van der Waals surface area contributed by atoms with Crippen LogP contribution in [0.15, 0.2) is 12.1 Å². The lowest BCUT2D eigenvalue weighted by Crippen LogP contribution is -2.39. The second-order valence-corrected chi connectivity index (χ2v) is 5.77. The lowest BCUT2D eigenvalue weighted by atomic mass is 9.97. The molecule has 1 aliphatic rings. The number of nitrogens with one attached hydrogen (secondary N) is 1. The minimum Gasteiger partial charge on any atom is -0.371 e. The number of nitrogens with zero attached hydrogens (tertiary/aromatic N) is 2. The lowest BCUT2D eigenvalue weighted by molar-refractivity contribution is -0.384. The van der Waals surface area contributed by atoms with Crippen LogP contribution in [0.4, 0.5) is 11.4 Å². The minimum atomic E-state index is -0.431. The molecule has 1 heterocycles. The summed E-state index contributed by atoms with van der Waals surface area (Å²) in [5.74, 6) is 0.613. The summed E-state index contributed by atoms with van der Waals surface area (Å²) in [6, 6.07) is 3.30. The smallest absolute Gasteiger partial charge is 0.288 e. The number of aryl methyl sites for hydroxylation is 1. The zero-order valence-electron chi connectivity index (χ0n) is 11.9. The molecule has 20 heavy (non-hydrogen) atoms. The maximum absolute atomic E-state index is 10.9. The van der Waals surface area contributed by atoms with Crippen LogP contribution in [0, 0.1) is 23.0 Å². The van der Waals surface area contributed by atoms with Gasteiger partial charge >= 0.3 is 0 Å². The molecule has 1 unspecified atom stereocenters. The van der Waals surface area contributed by atoms with Gasteiger partial charge in [-0.3, -0.25) is 10.1 Å². The molecule has 0 saturated carbocycles. The SMILES string of the molecule is CNCC1CCCN(c2cc(Cl)c([N+](=O)[O-])cc2C)C1. The van der Waals surface area contributed by atoms with E-state index in [0.717, 1.165) is 37.3 Å². The number of piperidine rings is 1. The topological polar surface area (TPSA) is 58.4 Å². The van der Waals surface area contributed by atoms with E-state index in [2.05, 4.69) is 10.2 Å². The van der Waals surface area contributed by atoms with Gasteiger partial charge < -0.3 is 10.2 Å². The zero-order chi connectivity index (χ0) is 14.7. The van der Waals surface area contributed by atoms with Gasteiger partial charge in [0, 0.05) is 24.8 Å². The van der Waals surface area contributed by atoms with Crippen molar-refractivity contribution in [1.29, 1.82) is 0 Å². The van der Waals surface area contributed by atoms with Gasteiger partial charge in [0.05, 0.1) is 4.92 Å². The summed E-state index contributed by atoms with van der Waals surface area (Å²) in [5, 5.41) is 14.3. The van der Waals surface area contributed by atoms with Crippen molar-refractivity contribution in [3.8, 4) is 0 Å². The number of nitro groups is 1. The van der Waals surface area contributed by atoms with E-state index in [1.807, 2.05) is 14.0 Å². The molecule has 1 atom stereocenters. The first kappa shape index (κ1) is 15.1. The van der Waals surface area contributed by atoms with Crippen LogP contribution in [-0.2, 0) is 0 Å². The number of benzene rings is 1. The summed E-state index contributed by atoms with van der Waals surface area (Å²) in [4.78, 5) is 12.8. The molecule has 6 heteroatoms. The van der Waals surface area contributed by atoms with Crippen molar-refractivity contribution in [2.24, 2.45) is 5.92 Å². The standard InChI is InChI=1S/C14H20ClN3O2/c1-10-6-14(18(19)20)12(15)7-13(10)17-5-3-4-11(9-17)8-16-2/h6-7,11,16H,3-5,8-9H2,1-2H3. The lowest BCUT2D eigenvalue weighted by Gasteiger charge is -2.35. The Kier molecular flexibility index (Phi) is 4.83. The Morgan fingerprint density at radius 2 is 2.30 bits per heavy atom. The van der Waals surface area contributed by atoms with Gasteiger partial charge in [0.2, 0.25) is 0 Å². The molecule has 1 saturated heterocycles. The molecule has 0 bridgehead atoms. The predicted octanol–water partition coefficient (Wildman–Crippen LogP) is 2.99. The third kappa shape index (κ3) is 3.22. The Morgan fingerprint density at radius 1 is 1.55 bits per heavy atom. The van der Waals surface area contributed by atoms with E-state index in [-0.39, 0.29) is 10.7 Å². The fourth-order valence-electron chi connectivity index (χ4n) is 2.88. The predicted molar refractivity (Wildman–Crippen MR) is 81.7 cm³/mol. The molecule has 0 amide bonds. The Bertz CT molecular complexity index is 505. The largest absolute Gasteiger partial charge is 0.371 e. The van der Waals surface area contributed by atoms with E-state index in [1.54, 1.807) is 12.1 Å². The first-order valence-corrected chi connectivity index (χ1v) is 7.24. The summed E-state index contributed by atoms with van der Waals surface area (Å²) < 4.78 is 0. The highest BCUT2D eigenvalue weighted by Crippen LogP contribution is 2.34. The van der Waals surface area contributed by atoms with Crippen LogP contribution >= 0.6 is 11.6 Å². The van der Waals surface area contributed by atoms with Gasteiger partial charge in [-0.2, -0.15) is 0 Å². The maximum atomic E-state index is 10.9. The van der Waals surface area contributed by atoms with Crippen LogP contribution in [0.3, 0.4) is 0 Å². The molecule has 2 rings (SSSR count). The van der Waals surface area contributed by atoms with Gasteiger partial charge in [-0.05, 0) is 50.9 Å². The Hall–Kier alpha value is -1.33. The van der Waals surface area contributed by atoms with Crippen LogP contribution < -0.4 is 10.2 Å². The van der Waals surface area contributed by atoms with Gasteiger partial charge in [0.25, 0.3) is 5.69 Å². The average Bonchev–Trinajstić information content (AvgIpc) is 2.41. The van der Waals surface area contributed by atoms with E-state index in [0.29, 0.717) is 5.92 Å². The quantitative estimate of drug-likeness (QED) is 0.685. The van der Waals surface area contributed by atoms with E-state index >= 15 is 0 Å². The summed E-state index contributed by atoms with van der Waals surface area (Å²) in [5.41, 5.74) is 1.91. The van der Waals surface area contributed by atoms with Gasteiger partial charge in [-0.1, -0.05) is 11.6 Å². The summed E-state index contributed by atoms with van der Waals surface area (Å²) in [7, 11) is 1.97. The normalized spacial score (nSPS) is 19.1. The van der Waals surface area contributed by atoms with Crippen LogP contribution in [-0.4, -0.2) is 31.6 Å². The monoisotopic (exact) mass is 297 g/mol. The Balaban J connectivity index is 2.24. The van der Waals surface area contributed by atoms with Crippen molar-refractivity contribution in [2.45, 2.75) is 19.8 Å². The number of halogens is 1. The molecule has 0 radical (unpaired) electrons. The number of hydrogen-bond donors (Lipinski definition) is 1. The second kappa shape index (κ2) is 6.41. The van der Waals surface area contributed by atoms with Crippen molar-refractivity contribution in [3.63, 3.8) is 0 Å². The molecule has 1 aromatic rings. The van der Waals surface area contributed by atoms with Crippen molar-refractivity contribution < 1.29 is 4.92 Å². The molecule has 0 aromatic heterocycles. The zero-order valence-corrected chi connectivity index (χ0v) is 12.6. The molecular formula is C14H20ClN3O2. The number of nitro benzene ring substituents is 1. The molecule has 5 nitrogen and oxygen atoms in total. The average molecular weight is 298 g/mol. The Labute approximate surface area is 124 Å². The van der Waals surface area contributed by atoms with E-state index < -0.39 is 4.92 Å². The minimum absolute atomic E-state index is 0.0169. The molecular weight excluding hydrogens is 278 g/mol. The van der Waals surface area contributed by atoms with Crippen molar-refractivity contribution >= 4 is 23.0 Å². The highest BCUT2D eigenvalue weighted by Gasteiger charge is 2.23. The summed E-state index contributed by atoms with van der Waals surface area (Å²) >= 11 is 6.03. The summed E-state index contributed by atoms with van der Waals surface area (Å²) in [6.07, 6.45) is 2.36. The molecule has 1 N–H and O–H groups in total. The Morgan fingerprint density at radius 3 is 2.95 bits per heavy atom. The first-order chi connectivity index (χ1) is 9.52. The number of rotatable bonds is 4. The molecule has 0 spiro atoms. The van der Waals surface area contributed by atoms with E-state index in [4.69, 9.17) is 11.6 Å². The molecule has 1 fully saturated rings. The highest BCUT2D eigenvalue weighted by atomic mass is 35.5. The van der Waals surface area contributed by atoms with Crippen LogP contribution in [0.25, 0.3) is 0 Å². The van der Waals surface area contributed by atoms with Crippen molar-refractivity contribution in [2.75, 3.05) is 31.6 Å². The van der Waals surface area contributed by atoms with Gasteiger partial charge in [-0.15, -0.1) is 0 Å². The van der Waals surface area contributed by atoms with Gasteiger partial charge in [0.15, 0.2) is 0 Å². The maximum Gasteiger partial charge on any atom is 0.288 e. The molecule has 0 aliphatic carbocycles. The third-order valence-corrected chi connectivity index (χ3v) is 4.12. The first-order valence-electron chi connectivity index (χ1n) is 6.87.